The van der Waals surface area contributed by atoms with Crippen LogP contribution in [0.1, 0.15) is 23.7 Å². The van der Waals surface area contributed by atoms with Crippen LogP contribution < -0.4 is 0 Å². The number of aryl methyl sites for hydroxylation is 1. The number of halogens is 2. The summed E-state index contributed by atoms with van der Waals surface area (Å²) in [5.74, 6) is 1.58. The molecule has 1 unspecified atom stereocenters. The SMILES string of the molecule is CC(c1cccs1)n1c(CCCl)nc2ccc(Cl)cc21. The zero-order valence-electron chi connectivity index (χ0n) is 11.0. The van der Waals surface area contributed by atoms with E-state index in [1.54, 1.807) is 11.3 Å². The second-order valence-electron chi connectivity index (χ2n) is 4.66. The van der Waals surface area contributed by atoms with Gasteiger partial charge in [-0.3, -0.25) is 0 Å². The molecular formula is C15H14Cl2N2S. The molecule has 0 fully saturated rings. The van der Waals surface area contributed by atoms with E-state index < -0.39 is 0 Å². The lowest BCUT2D eigenvalue weighted by atomic mass is 10.2. The Morgan fingerprint density at radius 1 is 1.35 bits per heavy atom. The highest BCUT2D eigenvalue weighted by Crippen LogP contribution is 2.30. The molecule has 2 heterocycles. The number of alkyl halides is 1. The molecule has 0 aliphatic carbocycles. The first-order valence-corrected chi connectivity index (χ1v) is 8.25. The minimum Gasteiger partial charge on any atom is -0.320 e. The van der Waals surface area contributed by atoms with Crippen molar-refractivity contribution in [1.29, 1.82) is 0 Å². The first-order valence-electron chi connectivity index (χ1n) is 6.46. The Bertz CT molecular complexity index is 719. The van der Waals surface area contributed by atoms with Crippen LogP contribution in [0.15, 0.2) is 35.7 Å². The monoisotopic (exact) mass is 324 g/mol. The maximum absolute atomic E-state index is 6.14. The van der Waals surface area contributed by atoms with Gasteiger partial charge in [0.05, 0.1) is 17.1 Å². The van der Waals surface area contributed by atoms with Crippen LogP contribution in [-0.2, 0) is 6.42 Å². The molecule has 3 aromatic rings. The summed E-state index contributed by atoms with van der Waals surface area (Å²) < 4.78 is 2.25. The molecule has 0 saturated heterocycles. The van der Waals surface area contributed by atoms with E-state index in [1.165, 1.54) is 4.88 Å². The van der Waals surface area contributed by atoms with Crippen LogP contribution in [-0.4, -0.2) is 15.4 Å². The predicted molar refractivity (Wildman–Crippen MR) is 87.3 cm³/mol. The number of thiophene rings is 1. The largest absolute Gasteiger partial charge is 0.320 e. The molecule has 3 rings (SSSR count). The van der Waals surface area contributed by atoms with Gasteiger partial charge in [-0.2, -0.15) is 0 Å². The average Bonchev–Trinajstić information content (AvgIpc) is 3.05. The van der Waals surface area contributed by atoms with Gasteiger partial charge in [0.25, 0.3) is 0 Å². The van der Waals surface area contributed by atoms with Crippen LogP contribution in [0.5, 0.6) is 0 Å². The van der Waals surface area contributed by atoms with Crippen molar-refractivity contribution in [1.82, 2.24) is 9.55 Å². The van der Waals surface area contributed by atoms with E-state index in [0.29, 0.717) is 5.88 Å². The fourth-order valence-electron chi connectivity index (χ4n) is 2.47. The first kappa shape index (κ1) is 13.9. The van der Waals surface area contributed by atoms with Crippen molar-refractivity contribution in [2.75, 3.05) is 5.88 Å². The summed E-state index contributed by atoms with van der Waals surface area (Å²) in [7, 11) is 0. The van der Waals surface area contributed by atoms with Gasteiger partial charge in [-0.15, -0.1) is 22.9 Å². The molecule has 0 saturated carbocycles. The molecule has 20 heavy (non-hydrogen) atoms. The summed E-state index contributed by atoms with van der Waals surface area (Å²) >= 11 is 13.8. The molecule has 2 nitrogen and oxygen atoms in total. The summed E-state index contributed by atoms with van der Waals surface area (Å²) in [6.45, 7) is 2.19. The van der Waals surface area contributed by atoms with Gasteiger partial charge in [-0.1, -0.05) is 17.7 Å². The predicted octanol–water partition coefficient (Wildman–Crippen LogP) is 5.14. The summed E-state index contributed by atoms with van der Waals surface area (Å²) in [5.41, 5.74) is 2.04. The van der Waals surface area contributed by atoms with Crippen LogP contribution in [0.2, 0.25) is 5.02 Å². The average molecular weight is 325 g/mol. The normalized spacial score (nSPS) is 12.9. The number of benzene rings is 1. The van der Waals surface area contributed by atoms with E-state index in [1.807, 2.05) is 18.2 Å². The zero-order valence-corrected chi connectivity index (χ0v) is 13.3. The molecule has 0 N–H and O–H groups in total. The van der Waals surface area contributed by atoms with Crippen molar-refractivity contribution in [3.8, 4) is 0 Å². The molecule has 104 valence electrons. The Hall–Kier alpha value is -1.03. The highest BCUT2D eigenvalue weighted by molar-refractivity contribution is 7.10. The Labute approximate surface area is 132 Å². The zero-order chi connectivity index (χ0) is 14.1. The van der Waals surface area contributed by atoms with Gasteiger partial charge in [0, 0.05) is 22.2 Å². The van der Waals surface area contributed by atoms with Crippen molar-refractivity contribution < 1.29 is 0 Å². The molecular weight excluding hydrogens is 311 g/mol. The summed E-state index contributed by atoms with van der Waals surface area (Å²) in [6, 6.07) is 10.3. The quantitative estimate of drug-likeness (QED) is 0.607. The van der Waals surface area contributed by atoms with Gasteiger partial charge < -0.3 is 4.57 Å². The van der Waals surface area contributed by atoms with Crippen LogP contribution >= 0.6 is 34.5 Å². The van der Waals surface area contributed by atoms with Gasteiger partial charge in [0.2, 0.25) is 0 Å². The number of nitrogens with zero attached hydrogens (tertiary/aromatic N) is 2. The third kappa shape index (κ3) is 2.46. The van der Waals surface area contributed by atoms with Gasteiger partial charge in [0.1, 0.15) is 5.82 Å². The van der Waals surface area contributed by atoms with Gasteiger partial charge in [0.15, 0.2) is 0 Å². The first-order chi connectivity index (χ1) is 9.70. The lowest BCUT2D eigenvalue weighted by molar-refractivity contribution is 0.633. The van der Waals surface area contributed by atoms with E-state index in [4.69, 9.17) is 28.2 Å². The summed E-state index contributed by atoms with van der Waals surface area (Å²) in [4.78, 5) is 6.00. The maximum Gasteiger partial charge on any atom is 0.111 e. The minimum absolute atomic E-state index is 0.233. The van der Waals surface area contributed by atoms with Crippen molar-refractivity contribution in [2.45, 2.75) is 19.4 Å². The molecule has 1 atom stereocenters. The van der Waals surface area contributed by atoms with Crippen LogP contribution in [0.4, 0.5) is 0 Å². The Kier molecular flexibility index (Phi) is 4.01. The van der Waals surface area contributed by atoms with Crippen molar-refractivity contribution >= 4 is 45.6 Å². The second kappa shape index (κ2) is 5.76. The molecule has 1 aromatic carbocycles. The smallest absolute Gasteiger partial charge is 0.111 e. The van der Waals surface area contributed by atoms with Crippen molar-refractivity contribution in [2.24, 2.45) is 0 Å². The topological polar surface area (TPSA) is 17.8 Å². The molecule has 0 bridgehead atoms. The number of imidazole rings is 1. The van der Waals surface area contributed by atoms with E-state index in [9.17, 15) is 0 Å². The lowest BCUT2D eigenvalue weighted by Crippen LogP contribution is -2.10. The maximum atomic E-state index is 6.14. The van der Waals surface area contributed by atoms with E-state index in [0.717, 1.165) is 28.3 Å². The highest BCUT2D eigenvalue weighted by atomic mass is 35.5. The lowest BCUT2D eigenvalue weighted by Gasteiger charge is -2.16. The standard InChI is InChI=1S/C15H14Cl2N2S/c1-10(14-3-2-8-20-14)19-13-9-11(17)4-5-12(13)18-15(19)6-7-16/h2-5,8-10H,6-7H2,1H3. The van der Waals surface area contributed by atoms with Gasteiger partial charge in [-0.25, -0.2) is 4.98 Å². The van der Waals surface area contributed by atoms with Crippen molar-refractivity contribution in [3.63, 3.8) is 0 Å². The molecule has 0 aliphatic heterocycles. The molecule has 0 amide bonds. The number of rotatable bonds is 4. The number of fused-ring (bicyclic) bond motifs is 1. The minimum atomic E-state index is 0.233. The number of hydrogen-bond donors (Lipinski definition) is 0. The van der Waals surface area contributed by atoms with Crippen LogP contribution in [0.3, 0.4) is 0 Å². The number of aromatic nitrogens is 2. The highest BCUT2D eigenvalue weighted by Gasteiger charge is 2.17. The van der Waals surface area contributed by atoms with E-state index >= 15 is 0 Å². The Morgan fingerprint density at radius 2 is 2.20 bits per heavy atom. The Balaban J connectivity index is 2.19. The molecule has 0 aliphatic rings. The summed E-state index contributed by atoms with van der Waals surface area (Å²) in [5, 5.41) is 2.83. The van der Waals surface area contributed by atoms with Gasteiger partial charge >= 0.3 is 0 Å². The van der Waals surface area contributed by atoms with E-state index in [2.05, 4.69) is 29.0 Å². The van der Waals surface area contributed by atoms with Crippen LogP contribution in [0, 0.1) is 0 Å². The molecule has 0 radical (unpaired) electrons. The second-order valence-corrected chi connectivity index (χ2v) is 6.46. The van der Waals surface area contributed by atoms with E-state index in [-0.39, 0.29) is 6.04 Å². The fourth-order valence-corrected chi connectivity index (χ4v) is 3.57. The fraction of sp³-hybridized carbons (Fsp3) is 0.267. The molecule has 0 spiro atoms. The Morgan fingerprint density at radius 3 is 2.90 bits per heavy atom. The van der Waals surface area contributed by atoms with Crippen LogP contribution in [0.25, 0.3) is 11.0 Å². The molecule has 2 aromatic heterocycles. The summed E-state index contributed by atoms with van der Waals surface area (Å²) in [6.07, 6.45) is 0.754. The molecule has 5 heteroatoms. The number of hydrogen-bond acceptors (Lipinski definition) is 2. The third-order valence-corrected chi connectivity index (χ3v) is 4.85. The van der Waals surface area contributed by atoms with Gasteiger partial charge in [-0.05, 0) is 36.6 Å². The third-order valence-electron chi connectivity index (χ3n) is 3.38. The van der Waals surface area contributed by atoms with Crippen molar-refractivity contribution in [3.05, 3.63) is 51.4 Å².